The summed E-state index contributed by atoms with van der Waals surface area (Å²) in [5, 5.41) is 13.8. The van der Waals surface area contributed by atoms with Gasteiger partial charge in [0.05, 0.1) is 28.1 Å². The van der Waals surface area contributed by atoms with Crippen molar-refractivity contribution < 1.29 is 18.1 Å². The minimum Gasteiger partial charge on any atom is -0.324 e. The summed E-state index contributed by atoms with van der Waals surface area (Å²) in [5.41, 5.74) is 1.70. The van der Waals surface area contributed by atoms with Crippen LogP contribution in [-0.4, -0.2) is 31.5 Å². The fourth-order valence-electron chi connectivity index (χ4n) is 3.00. The molecule has 1 atom stereocenters. The van der Waals surface area contributed by atoms with Crippen LogP contribution in [0.3, 0.4) is 0 Å². The number of hydrogen-bond acceptors (Lipinski definition) is 5. The maximum absolute atomic E-state index is 12.9. The van der Waals surface area contributed by atoms with Gasteiger partial charge in [-0.05, 0) is 44.0 Å². The average Bonchev–Trinajstić information content (AvgIpc) is 2.59. The SMILES string of the molecule is CC[C@@H](C(=O)Nc1cccc([N+](=O)[O-])c1C)N(c1cccc(C)c1)S(C)(=O)=O. The topological polar surface area (TPSA) is 110 Å². The summed E-state index contributed by atoms with van der Waals surface area (Å²) >= 11 is 0. The van der Waals surface area contributed by atoms with Gasteiger partial charge >= 0.3 is 0 Å². The quantitative estimate of drug-likeness (QED) is 0.561. The molecule has 0 aliphatic rings. The lowest BCUT2D eigenvalue weighted by Crippen LogP contribution is -2.47. The lowest BCUT2D eigenvalue weighted by molar-refractivity contribution is -0.385. The van der Waals surface area contributed by atoms with Crippen LogP contribution in [-0.2, 0) is 14.8 Å². The van der Waals surface area contributed by atoms with Gasteiger partial charge in [0.2, 0.25) is 15.9 Å². The smallest absolute Gasteiger partial charge is 0.274 e. The van der Waals surface area contributed by atoms with Crippen molar-refractivity contribution in [3.63, 3.8) is 0 Å². The maximum atomic E-state index is 12.9. The van der Waals surface area contributed by atoms with Crippen LogP contribution in [0.2, 0.25) is 0 Å². The number of nitro benzene ring substituents is 1. The molecule has 28 heavy (non-hydrogen) atoms. The van der Waals surface area contributed by atoms with E-state index in [-0.39, 0.29) is 17.8 Å². The van der Waals surface area contributed by atoms with Crippen LogP contribution >= 0.6 is 0 Å². The van der Waals surface area contributed by atoms with E-state index >= 15 is 0 Å². The number of carbonyl (C=O) groups is 1. The Hall–Kier alpha value is -2.94. The number of nitro groups is 1. The number of amides is 1. The molecule has 0 fully saturated rings. The zero-order valence-electron chi connectivity index (χ0n) is 16.2. The van der Waals surface area contributed by atoms with E-state index in [9.17, 15) is 23.3 Å². The molecule has 0 radical (unpaired) electrons. The number of hydrogen-bond donors (Lipinski definition) is 1. The van der Waals surface area contributed by atoms with Crippen LogP contribution in [0, 0.1) is 24.0 Å². The van der Waals surface area contributed by atoms with Crippen LogP contribution in [0.1, 0.15) is 24.5 Å². The van der Waals surface area contributed by atoms with Crippen molar-refractivity contribution in [1.29, 1.82) is 0 Å². The highest BCUT2D eigenvalue weighted by Crippen LogP contribution is 2.27. The summed E-state index contributed by atoms with van der Waals surface area (Å²) in [7, 11) is -3.75. The first-order valence-corrected chi connectivity index (χ1v) is 10.5. The fraction of sp³-hybridized carbons (Fsp3) is 0.316. The second kappa shape index (κ2) is 8.39. The Morgan fingerprint density at radius 2 is 1.86 bits per heavy atom. The third-order valence-corrected chi connectivity index (χ3v) is 5.53. The highest BCUT2D eigenvalue weighted by molar-refractivity contribution is 7.92. The van der Waals surface area contributed by atoms with Crippen molar-refractivity contribution in [1.82, 2.24) is 0 Å². The zero-order valence-corrected chi connectivity index (χ0v) is 17.0. The molecule has 2 aromatic rings. The highest BCUT2D eigenvalue weighted by atomic mass is 32.2. The first-order chi connectivity index (χ1) is 13.1. The lowest BCUT2D eigenvalue weighted by atomic mass is 10.1. The molecule has 0 heterocycles. The number of rotatable bonds is 7. The average molecular weight is 405 g/mol. The van der Waals surface area contributed by atoms with Gasteiger partial charge in [0.25, 0.3) is 5.69 Å². The molecule has 0 unspecified atom stereocenters. The van der Waals surface area contributed by atoms with E-state index < -0.39 is 26.9 Å². The third kappa shape index (κ3) is 4.66. The highest BCUT2D eigenvalue weighted by Gasteiger charge is 2.32. The minimum atomic E-state index is -3.75. The summed E-state index contributed by atoms with van der Waals surface area (Å²) in [6, 6.07) is 10.2. The Kier molecular flexibility index (Phi) is 6.40. The van der Waals surface area contributed by atoms with E-state index in [4.69, 9.17) is 0 Å². The van der Waals surface area contributed by atoms with Crippen molar-refractivity contribution >= 4 is 33.0 Å². The van der Waals surface area contributed by atoms with E-state index in [1.165, 1.54) is 19.1 Å². The van der Waals surface area contributed by atoms with Crippen molar-refractivity contribution in [2.45, 2.75) is 33.2 Å². The van der Waals surface area contributed by atoms with Gasteiger partial charge < -0.3 is 5.32 Å². The van der Waals surface area contributed by atoms with Crippen LogP contribution in [0.5, 0.6) is 0 Å². The molecule has 8 nitrogen and oxygen atoms in total. The van der Waals surface area contributed by atoms with E-state index in [2.05, 4.69) is 5.32 Å². The van der Waals surface area contributed by atoms with Gasteiger partial charge in [-0.3, -0.25) is 19.2 Å². The van der Waals surface area contributed by atoms with E-state index in [1.807, 2.05) is 13.0 Å². The molecule has 0 aromatic heterocycles. The monoisotopic (exact) mass is 405 g/mol. The van der Waals surface area contributed by atoms with E-state index in [0.29, 0.717) is 11.3 Å². The van der Waals surface area contributed by atoms with Gasteiger partial charge in [0.15, 0.2) is 0 Å². The number of benzene rings is 2. The predicted molar refractivity (Wildman–Crippen MR) is 109 cm³/mol. The molecule has 1 amide bonds. The van der Waals surface area contributed by atoms with Gasteiger partial charge in [-0.2, -0.15) is 0 Å². The number of nitrogens with zero attached hydrogens (tertiary/aromatic N) is 2. The van der Waals surface area contributed by atoms with E-state index in [0.717, 1.165) is 16.1 Å². The molecular formula is C19H23N3O5S. The van der Waals surface area contributed by atoms with Crippen LogP contribution < -0.4 is 9.62 Å². The summed E-state index contributed by atoms with van der Waals surface area (Å²) in [6.45, 7) is 5.07. The first-order valence-electron chi connectivity index (χ1n) is 8.67. The molecule has 150 valence electrons. The van der Waals surface area contributed by atoms with Crippen molar-refractivity contribution in [2.75, 3.05) is 15.9 Å². The predicted octanol–water partition coefficient (Wildman–Crippen LogP) is 3.39. The molecule has 9 heteroatoms. The summed E-state index contributed by atoms with van der Waals surface area (Å²) < 4.78 is 26.0. The molecule has 2 aromatic carbocycles. The summed E-state index contributed by atoms with van der Waals surface area (Å²) in [5.74, 6) is -0.557. The third-order valence-electron chi connectivity index (χ3n) is 4.35. The van der Waals surface area contributed by atoms with Crippen molar-refractivity contribution in [2.24, 2.45) is 0 Å². The van der Waals surface area contributed by atoms with Gasteiger partial charge in [0, 0.05) is 6.07 Å². The standard InChI is InChI=1S/C19H23N3O5S/c1-5-17(21(28(4,26)27)15-9-6-8-13(2)12-15)19(23)20-16-10-7-11-18(14(16)3)22(24)25/h6-12,17H,5H2,1-4H3,(H,20,23)/t17-/m0/s1. The van der Waals surface area contributed by atoms with Crippen molar-refractivity contribution in [3.05, 3.63) is 63.7 Å². The van der Waals surface area contributed by atoms with Gasteiger partial charge in [-0.25, -0.2) is 8.42 Å². The van der Waals surface area contributed by atoms with Crippen molar-refractivity contribution in [3.8, 4) is 0 Å². The summed E-state index contributed by atoms with van der Waals surface area (Å²) in [6.07, 6.45) is 1.27. The Labute approximate surface area is 164 Å². The number of nitrogens with one attached hydrogen (secondary N) is 1. The largest absolute Gasteiger partial charge is 0.324 e. The van der Waals surface area contributed by atoms with Gasteiger partial charge in [-0.1, -0.05) is 25.1 Å². The van der Waals surface area contributed by atoms with Crippen LogP contribution in [0.4, 0.5) is 17.1 Å². The molecule has 2 rings (SSSR count). The molecule has 0 bridgehead atoms. The second-order valence-corrected chi connectivity index (χ2v) is 8.38. The fourth-order valence-corrected chi connectivity index (χ4v) is 4.20. The van der Waals surface area contributed by atoms with Crippen LogP contribution in [0.25, 0.3) is 0 Å². The number of sulfonamides is 1. The summed E-state index contributed by atoms with van der Waals surface area (Å²) in [4.78, 5) is 23.5. The Balaban J connectivity index is 2.43. The van der Waals surface area contributed by atoms with E-state index in [1.54, 1.807) is 31.2 Å². The molecule has 0 aliphatic carbocycles. The molecule has 0 saturated carbocycles. The first kappa shape index (κ1) is 21.4. The number of anilines is 2. The van der Waals surface area contributed by atoms with Gasteiger partial charge in [0.1, 0.15) is 6.04 Å². The number of carbonyl (C=O) groups excluding carboxylic acids is 1. The second-order valence-electron chi connectivity index (χ2n) is 6.52. The normalized spacial score (nSPS) is 12.3. The lowest BCUT2D eigenvalue weighted by Gasteiger charge is -2.30. The van der Waals surface area contributed by atoms with Gasteiger partial charge in [-0.15, -0.1) is 0 Å². The Morgan fingerprint density at radius 1 is 1.21 bits per heavy atom. The molecule has 0 saturated heterocycles. The molecular weight excluding hydrogens is 382 g/mol. The molecule has 1 N–H and O–H groups in total. The zero-order chi connectivity index (χ0) is 21.1. The Morgan fingerprint density at radius 3 is 2.39 bits per heavy atom. The molecule has 0 spiro atoms. The number of aryl methyl sites for hydroxylation is 1. The Bertz CT molecular complexity index is 1000. The minimum absolute atomic E-state index is 0.121. The van der Waals surface area contributed by atoms with Crippen LogP contribution in [0.15, 0.2) is 42.5 Å². The molecule has 0 aliphatic heterocycles. The maximum Gasteiger partial charge on any atom is 0.274 e.